The van der Waals surface area contributed by atoms with Crippen LogP contribution >= 0.6 is 0 Å². The molecule has 0 aliphatic carbocycles. The highest BCUT2D eigenvalue weighted by molar-refractivity contribution is 5.61. The standard InChI is InChI=1S/C17H19FN4O2/c18-13-4-5-17(22(23)24)16(11-13)20-14-6-9-21(10-7-14)12-15-3-1-2-8-19-15/h1-5,8,11,14,20H,6-7,9-10,12H2. The Hall–Kier alpha value is -2.54. The summed E-state index contributed by atoms with van der Waals surface area (Å²) >= 11 is 0. The molecule has 0 atom stereocenters. The number of aromatic nitrogens is 1. The fraction of sp³-hybridized carbons (Fsp3) is 0.353. The lowest BCUT2D eigenvalue weighted by atomic mass is 10.0. The van der Waals surface area contributed by atoms with E-state index in [0.717, 1.165) is 44.2 Å². The third-order valence-corrected chi connectivity index (χ3v) is 4.21. The van der Waals surface area contributed by atoms with Crippen LogP contribution in [-0.2, 0) is 6.54 Å². The van der Waals surface area contributed by atoms with Gasteiger partial charge in [-0.15, -0.1) is 0 Å². The Bertz CT molecular complexity index is 703. The minimum atomic E-state index is -0.488. The van der Waals surface area contributed by atoms with Crippen molar-refractivity contribution in [2.75, 3.05) is 18.4 Å². The topological polar surface area (TPSA) is 71.3 Å². The van der Waals surface area contributed by atoms with Crippen LogP contribution in [0.4, 0.5) is 15.8 Å². The van der Waals surface area contributed by atoms with Gasteiger partial charge >= 0.3 is 0 Å². The van der Waals surface area contributed by atoms with E-state index in [9.17, 15) is 14.5 Å². The number of nitro groups is 1. The lowest BCUT2D eigenvalue weighted by Crippen LogP contribution is -2.38. The zero-order chi connectivity index (χ0) is 16.9. The van der Waals surface area contributed by atoms with Crippen molar-refractivity contribution < 1.29 is 9.31 Å². The molecule has 0 spiro atoms. The molecule has 1 aliphatic rings. The normalized spacial score (nSPS) is 16.0. The van der Waals surface area contributed by atoms with Gasteiger partial charge in [0.25, 0.3) is 5.69 Å². The number of rotatable bonds is 5. The van der Waals surface area contributed by atoms with Crippen LogP contribution in [0, 0.1) is 15.9 Å². The van der Waals surface area contributed by atoms with E-state index >= 15 is 0 Å². The Balaban J connectivity index is 1.58. The molecule has 24 heavy (non-hydrogen) atoms. The van der Waals surface area contributed by atoms with Gasteiger partial charge in [-0.1, -0.05) is 6.07 Å². The van der Waals surface area contributed by atoms with Crippen molar-refractivity contribution in [3.05, 3.63) is 64.2 Å². The number of pyridine rings is 1. The molecule has 0 amide bonds. The van der Waals surface area contributed by atoms with E-state index in [1.807, 2.05) is 18.2 Å². The van der Waals surface area contributed by atoms with E-state index in [0.29, 0.717) is 0 Å². The summed E-state index contributed by atoms with van der Waals surface area (Å²) < 4.78 is 13.4. The number of nitrogens with zero attached hydrogens (tertiary/aromatic N) is 3. The Morgan fingerprint density at radius 1 is 1.29 bits per heavy atom. The summed E-state index contributed by atoms with van der Waals surface area (Å²) in [5, 5.41) is 14.2. The molecule has 1 aliphatic heterocycles. The highest BCUT2D eigenvalue weighted by Crippen LogP contribution is 2.27. The van der Waals surface area contributed by atoms with Gasteiger partial charge in [-0.05, 0) is 31.0 Å². The van der Waals surface area contributed by atoms with Gasteiger partial charge in [0, 0.05) is 44.0 Å². The van der Waals surface area contributed by atoms with Crippen LogP contribution in [0.25, 0.3) is 0 Å². The lowest BCUT2D eigenvalue weighted by molar-refractivity contribution is -0.384. The number of halogens is 1. The highest BCUT2D eigenvalue weighted by atomic mass is 19.1. The lowest BCUT2D eigenvalue weighted by Gasteiger charge is -2.32. The number of piperidine rings is 1. The fourth-order valence-corrected chi connectivity index (χ4v) is 2.96. The second kappa shape index (κ2) is 7.35. The summed E-state index contributed by atoms with van der Waals surface area (Å²) in [5.41, 5.74) is 1.19. The summed E-state index contributed by atoms with van der Waals surface area (Å²) in [6.45, 7) is 2.54. The predicted octanol–water partition coefficient (Wildman–Crippen LogP) is 3.21. The molecule has 126 valence electrons. The zero-order valence-electron chi connectivity index (χ0n) is 13.2. The molecular formula is C17H19FN4O2. The van der Waals surface area contributed by atoms with Crippen LogP contribution in [0.2, 0.25) is 0 Å². The van der Waals surface area contributed by atoms with Crippen LogP contribution in [0.1, 0.15) is 18.5 Å². The van der Waals surface area contributed by atoms with Crippen LogP contribution in [0.15, 0.2) is 42.6 Å². The summed E-state index contributed by atoms with van der Waals surface area (Å²) in [4.78, 5) is 17.2. The van der Waals surface area contributed by atoms with E-state index < -0.39 is 10.7 Å². The van der Waals surface area contributed by atoms with Gasteiger partial charge in [-0.25, -0.2) is 4.39 Å². The molecule has 2 aromatic rings. The summed E-state index contributed by atoms with van der Waals surface area (Å²) in [6, 6.07) is 9.47. The smallest absolute Gasteiger partial charge is 0.292 e. The molecule has 0 saturated carbocycles. The number of hydrogen-bond acceptors (Lipinski definition) is 5. The van der Waals surface area contributed by atoms with Gasteiger partial charge in [0.15, 0.2) is 0 Å². The van der Waals surface area contributed by atoms with Crippen LogP contribution in [0.5, 0.6) is 0 Å². The quantitative estimate of drug-likeness (QED) is 0.673. The first-order valence-electron chi connectivity index (χ1n) is 7.94. The van der Waals surface area contributed by atoms with E-state index in [1.165, 1.54) is 12.1 Å². The van der Waals surface area contributed by atoms with Crippen molar-refractivity contribution in [1.82, 2.24) is 9.88 Å². The van der Waals surface area contributed by atoms with Gasteiger partial charge in [0.05, 0.1) is 10.6 Å². The van der Waals surface area contributed by atoms with Crippen LogP contribution < -0.4 is 5.32 Å². The van der Waals surface area contributed by atoms with Crippen molar-refractivity contribution in [1.29, 1.82) is 0 Å². The molecule has 0 unspecified atom stereocenters. The van der Waals surface area contributed by atoms with E-state index in [-0.39, 0.29) is 17.4 Å². The Kier molecular flexibility index (Phi) is 5.00. The van der Waals surface area contributed by atoms with Crippen molar-refractivity contribution >= 4 is 11.4 Å². The summed E-state index contributed by atoms with van der Waals surface area (Å²) in [6.07, 6.45) is 3.48. The third kappa shape index (κ3) is 4.05. The molecule has 1 aromatic carbocycles. The number of likely N-dealkylation sites (tertiary alicyclic amines) is 1. The third-order valence-electron chi connectivity index (χ3n) is 4.21. The molecule has 0 bridgehead atoms. The summed E-state index contributed by atoms with van der Waals surface area (Å²) in [5.74, 6) is -0.476. The van der Waals surface area contributed by atoms with Gasteiger partial charge in [0.1, 0.15) is 11.5 Å². The van der Waals surface area contributed by atoms with E-state index in [1.54, 1.807) is 6.20 Å². The SMILES string of the molecule is O=[N+]([O-])c1ccc(F)cc1NC1CCN(Cc2ccccn2)CC1. The van der Waals surface area contributed by atoms with Crippen molar-refractivity contribution in [2.24, 2.45) is 0 Å². The number of nitro benzene ring substituents is 1. The number of nitrogens with one attached hydrogen (secondary N) is 1. The Morgan fingerprint density at radius 2 is 2.08 bits per heavy atom. The zero-order valence-corrected chi connectivity index (χ0v) is 13.2. The first-order chi connectivity index (χ1) is 11.6. The first-order valence-corrected chi connectivity index (χ1v) is 7.94. The average Bonchev–Trinajstić information content (AvgIpc) is 2.57. The first kappa shape index (κ1) is 16.3. The molecule has 1 fully saturated rings. The van der Waals surface area contributed by atoms with Crippen LogP contribution in [-0.4, -0.2) is 33.9 Å². The van der Waals surface area contributed by atoms with E-state index in [4.69, 9.17) is 0 Å². The maximum absolute atomic E-state index is 13.4. The molecule has 1 saturated heterocycles. The molecule has 2 heterocycles. The van der Waals surface area contributed by atoms with E-state index in [2.05, 4.69) is 15.2 Å². The molecule has 7 heteroatoms. The minimum Gasteiger partial charge on any atom is -0.377 e. The van der Waals surface area contributed by atoms with Gasteiger partial charge in [0.2, 0.25) is 0 Å². The fourth-order valence-electron chi connectivity index (χ4n) is 2.96. The van der Waals surface area contributed by atoms with Crippen molar-refractivity contribution in [3.63, 3.8) is 0 Å². The summed E-state index contributed by atoms with van der Waals surface area (Å²) in [7, 11) is 0. The number of hydrogen-bond donors (Lipinski definition) is 1. The molecule has 1 N–H and O–H groups in total. The Labute approximate surface area is 139 Å². The molecule has 6 nitrogen and oxygen atoms in total. The largest absolute Gasteiger partial charge is 0.377 e. The highest BCUT2D eigenvalue weighted by Gasteiger charge is 2.22. The van der Waals surface area contributed by atoms with Crippen molar-refractivity contribution in [3.8, 4) is 0 Å². The van der Waals surface area contributed by atoms with Crippen LogP contribution in [0.3, 0.4) is 0 Å². The predicted molar refractivity (Wildman–Crippen MR) is 89.2 cm³/mol. The molecule has 3 rings (SSSR count). The maximum Gasteiger partial charge on any atom is 0.292 e. The number of benzene rings is 1. The average molecular weight is 330 g/mol. The monoisotopic (exact) mass is 330 g/mol. The molecule has 0 radical (unpaired) electrons. The molecule has 1 aromatic heterocycles. The second-order valence-corrected chi connectivity index (χ2v) is 5.93. The second-order valence-electron chi connectivity index (χ2n) is 5.93. The number of anilines is 1. The molecular weight excluding hydrogens is 311 g/mol. The minimum absolute atomic E-state index is 0.0904. The van der Waals surface area contributed by atoms with Crippen molar-refractivity contribution in [2.45, 2.75) is 25.4 Å². The van der Waals surface area contributed by atoms with Gasteiger partial charge < -0.3 is 5.32 Å². The van der Waals surface area contributed by atoms with Gasteiger partial charge in [-0.2, -0.15) is 0 Å². The maximum atomic E-state index is 13.4. The van der Waals surface area contributed by atoms with Gasteiger partial charge in [-0.3, -0.25) is 20.0 Å². The Morgan fingerprint density at radius 3 is 2.75 bits per heavy atom.